The summed E-state index contributed by atoms with van der Waals surface area (Å²) in [5, 5.41) is -1.21. The molecule has 0 unspecified atom stereocenters. The average molecular weight is 240 g/mol. The Kier molecular flexibility index (Phi) is 3.39. The van der Waals surface area contributed by atoms with Gasteiger partial charge in [0.2, 0.25) is 0 Å². The van der Waals surface area contributed by atoms with E-state index in [4.69, 9.17) is 23.2 Å². The van der Waals surface area contributed by atoms with Gasteiger partial charge in [0.15, 0.2) is 0 Å². The molecule has 14 heavy (non-hydrogen) atoms. The summed E-state index contributed by atoms with van der Waals surface area (Å²) < 4.78 is 24.8. The Hall–Kier alpha value is -0.740. The molecule has 0 N–H and O–H groups in total. The Bertz CT molecular complexity index is 359. The summed E-state index contributed by atoms with van der Waals surface area (Å²) in [4.78, 5) is 14.1. The van der Waals surface area contributed by atoms with Gasteiger partial charge in [0.25, 0.3) is 11.7 Å². The second kappa shape index (κ2) is 4.19. The van der Waals surface area contributed by atoms with Gasteiger partial charge in [-0.1, -0.05) is 11.6 Å². The lowest BCUT2D eigenvalue weighted by Gasteiger charge is -2.07. The summed E-state index contributed by atoms with van der Waals surface area (Å²) in [6, 6.07) is 1.18. The third-order valence-corrected chi connectivity index (χ3v) is 2.12. The van der Waals surface area contributed by atoms with E-state index in [-0.39, 0.29) is 22.0 Å². The van der Waals surface area contributed by atoms with Gasteiger partial charge >= 0.3 is 0 Å². The highest BCUT2D eigenvalue weighted by Gasteiger charge is 2.18. The Morgan fingerprint density at radius 3 is 2.50 bits per heavy atom. The van der Waals surface area contributed by atoms with Crippen LogP contribution in [0.2, 0.25) is 5.15 Å². The Morgan fingerprint density at radius 2 is 2.14 bits per heavy atom. The molecule has 0 atom stereocenters. The third kappa shape index (κ3) is 2.19. The van der Waals surface area contributed by atoms with E-state index in [2.05, 4.69) is 4.98 Å². The average Bonchev–Trinajstić information content (AvgIpc) is 2.01. The van der Waals surface area contributed by atoms with Crippen LogP contribution in [0.15, 0.2) is 6.07 Å². The van der Waals surface area contributed by atoms with Crippen molar-refractivity contribution in [3.63, 3.8) is 0 Å². The van der Waals surface area contributed by atoms with Crippen LogP contribution in [0.5, 0.6) is 0 Å². The quantitative estimate of drug-likeness (QED) is 0.586. The summed E-state index contributed by atoms with van der Waals surface area (Å²) in [6.45, 7) is 1.42. The summed E-state index contributed by atoms with van der Waals surface area (Å²) in [7, 11) is 0. The normalized spacial score (nSPS) is 10.7. The zero-order chi connectivity index (χ0) is 10.9. The van der Waals surface area contributed by atoms with Crippen molar-refractivity contribution in [1.29, 1.82) is 0 Å². The zero-order valence-corrected chi connectivity index (χ0v) is 8.53. The molecule has 1 aromatic rings. The molecule has 0 aliphatic carbocycles. The molecule has 0 spiro atoms. The number of rotatable bonds is 2. The number of hydrogen-bond donors (Lipinski definition) is 0. The van der Waals surface area contributed by atoms with E-state index in [1.807, 2.05) is 0 Å². The highest BCUT2D eigenvalue weighted by molar-refractivity contribution is 6.67. The van der Waals surface area contributed by atoms with Crippen LogP contribution in [0.3, 0.4) is 0 Å². The zero-order valence-electron chi connectivity index (χ0n) is 7.02. The smallest absolute Gasteiger partial charge is 0.270 e. The first-order valence-electron chi connectivity index (χ1n) is 3.58. The van der Waals surface area contributed by atoms with E-state index < -0.39 is 11.7 Å². The fourth-order valence-corrected chi connectivity index (χ4v) is 1.43. The molecule has 0 amide bonds. The summed E-state index contributed by atoms with van der Waals surface area (Å²) in [6.07, 6.45) is -2.71. The molecule has 0 fully saturated rings. The van der Waals surface area contributed by atoms with Crippen LogP contribution in [0.25, 0.3) is 0 Å². The summed E-state index contributed by atoms with van der Waals surface area (Å²) >= 11 is 10.6. The molecule has 2 nitrogen and oxygen atoms in total. The van der Waals surface area contributed by atoms with E-state index in [0.717, 1.165) is 0 Å². The summed E-state index contributed by atoms with van der Waals surface area (Å²) in [5.74, 6) is 0. The number of carbonyl (C=O) groups is 1. The Labute approximate surface area is 88.8 Å². The lowest BCUT2D eigenvalue weighted by atomic mass is 10.1. The molecule has 0 saturated carbocycles. The minimum absolute atomic E-state index is 0.126. The van der Waals surface area contributed by atoms with Crippen molar-refractivity contribution >= 4 is 28.4 Å². The molecule has 0 saturated heterocycles. The van der Waals surface area contributed by atoms with Crippen molar-refractivity contribution in [2.75, 3.05) is 0 Å². The maximum Gasteiger partial charge on any atom is 0.270 e. The SMILES string of the molecule is Cc1cc(C(=O)Cl)nc(Cl)c1C(F)F. The maximum absolute atomic E-state index is 12.4. The minimum atomic E-state index is -2.71. The van der Waals surface area contributed by atoms with Gasteiger partial charge in [-0.3, -0.25) is 4.79 Å². The van der Waals surface area contributed by atoms with Crippen LogP contribution in [-0.2, 0) is 0 Å². The molecule has 76 valence electrons. The number of pyridine rings is 1. The lowest BCUT2D eigenvalue weighted by molar-refractivity contribution is 0.107. The van der Waals surface area contributed by atoms with Crippen molar-refractivity contribution < 1.29 is 13.6 Å². The van der Waals surface area contributed by atoms with Gasteiger partial charge in [-0.25, -0.2) is 13.8 Å². The van der Waals surface area contributed by atoms with Crippen LogP contribution >= 0.6 is 23.2 Å². The van der Waals surface area contributed by atoms with E-state index in [0.29, 0.717) is 0 Å². The second-order valence-electron chi connectivity index (χ2n) is 2.60. The first kappa shape index (κ1) is 11.3. The number of halogens is 4. The number of nitrogens with zero attached hydrogens (tertiary/aromatic N) is 1. The van der Waals surface area contributed by atoms with Crippen molar-refractivity contribution in [3.05, 3.63) is 28.0 Å². The standard InChI is InChI=1S/C8H5Cl2F2NO/c1-3-2-4(7(10)14)13-6(9)5(3)8(11)12/h2,8H,1H3. The van der Waals surface area contributed by atoms with Gasteiger partial charge in [-0.15, -0.1) is 0 Å². The highest BCUT2D eigenvalue weighted by Crippen LogP contribution is 2.29. The van der Waals surface area contributed by atoms with E-state index >= 15 is 0 Å². The molecule has 0 aromatic carbocycles. The lowest BCUT2D eigenvalue weighted by Crippen LogP contribution is -2.01. The number of carbonyl (C=O) groups excluding carboxylic acids is 1. The van der Waals surface area contributed by atoms with Gasteiger partial charge in [0, 0.05) is 0 Å². The first-order valence-corrected chi connectivity index (χ1v) is 4.34. The number of hydrogen-bond acceptors (Lipinski definition) is 2. The largest absolute Gasteiger partial charge is 0.274 e. The topological polar surface area (TPSA) is 30.0 Å². The Balaban J connectivity index is 3.32. The Morgan fingerprint density at radius 1 is 1.57 bits per heavy atom. The van der Waals surface area contributed by atoms with Crippen LogP contribution in [-0.4, -0.2) is 10.2 Å². The van der Waals surface area contributed by atoms with Gasteiger partial charge in [0.05, 0.1) is 5.56 Å². The fraction of sp³-hybridized carbons (Fsp3) is 0.250. The van der Waals surface area contributed by atoms with Gasteiger partial charge in [-0.2, -0.15) is 0 Å². The number of alkyl halides is 2. The van der Waals surface area contributed by atoms with Crippen LogP contribution in [0.1, 0.15) is 28.0 Å². The molecular weight excluding hydrogens is 235 g/mol. The molecule has 0 aliphatic heterocycles. The van der Waals surface area contributed by atoms with E-state index in [9.17, 15) is 13.6 Å². The van der Waals surface area contributed by atoms with Crippen molar-refractivity contribution in [1.82, 2.24) is 4.98 Å². The summed E-state index contributed by atoms with van der Waals surface area (Å²) in [5.41, 5.74) is -0.295. The molecule has 1 heterocycles. The predicted molar refractivity (Wildman–Crippen MR) is 49.1 cm³/mol. The fourth-order valence-electron chi connectivity index (χ4n) is 1.01. The van der Waals surface area contributed by atoms with Crippen molar-refractivity contribution in [2.24, 2.45) is 0 Å². The second-order valence-corrected chi connectivity index (χ2v) is 3.30. The van der Waals surface area contributed by atoms with Crippen LogP contribution in [0.4, 0.5) is 8.78 Å². The van der Waals surface area contributed by atoms with Gasteiger partial charge in [0.1, 0.15) is 10.8 Å². The van der Waals surface area contributed by atoms with Gasteiger partial charge in [-0.05, 0) is 30.2 Å². The maximum atomic E-state index is 12.4. The molecule has 1 aromatic heterocycles. The predicted octanol–water partition coefficient (Wildman–Crippen LogP) is 3.36. The minimum Gasteiger partial charge on any atom is -0.274 e. The molecule has 1 rings (SSSR count). The molecule has 6 heteroatoms. The monoisotopic (exact) mass is 239 g/mol. The first-order chi connectivity index (χ1) is 6.43. The molecular formula is C8H5Cl2F2NO. The van der Waals surface area contributed by atoms with Gasteiger partial charge < -0.3 is 0 Å². The molecule has 0 bridgehead atoms. The van der Waals surface area contributed by atoms with E-state index in [1.54, 1.807) is 0 Å². The molecule has 0 radical (unpaired) electrons. The van der Waals surface area contributed by atoms with Crippen molar-refractivity contribution in [3.8, 4) is 0 Å². The highest BCUT2D eigenvalue weighted by atomic mass is 35.5. The van der Waals surface area contributed by atoms with E-state index in [1.165, 1.54) is 13.0 Å². The number of aromatic nitrogens is 1. The van der Waals surface area contributed by atoms with Crippen LogP contribution < -0.4 is 0 Å². The van der Waals surface area contributed by atoms with Crippen molar-refractivity contribution in [2.45, 2.75) is 13.3 Å². The number of aryl methyl sites for hydroxylation is 1. The third-order valence-electron chi connectivity index (χ3n) is 1.64. The van der Waals surface area contributed by atoms with Crippen LogP contribution in [0, 0.1) is 6.92 Å². The molecule has 0 aliphatic rings.